The lowest BCUT2D eigenvalue weighted by atomic mass is 9.95. The lowest BCUT2D eigenvalue weighted by molar-refractivity contribution is 0.0954. The number of hydrogen-bond acceptors (Lipinski definition) is 3. The first-order valence-electron chi connectivity index (χ1n) is 6.61. The molecule has 0 amide bonds. The highest BCUT2D eigenvalue weighted by atomic mass is 35.5. The van der Waals surface area contributed by atoms with Crippen LogP contribution in [0.3, 0.4) is 0 Å². The van der Waals surface area contributed by atoms with Crippen molar-refractivity contribution < 1.29 is 13.2 Å². The molecule has 0 fully saturated rings. The van der Waals surface area contributed by atoms with Gasteiger partial charge in [-0.25, -0.2) is 8.42 Å². The van der Waals surface area contributed by atoms with Gasteiger partial charge in [-0.05, 0) is 35.4 Å². The zero-order valence-electron chi connectivity index (χ0n) is 11.0. The monoisotopic (exact) mass is 334 g/mol. The molecule has 0 saturated heterocycles. The van der Waals surface area contributed by atoms with E-state index in [1.165, 1.54) is 0 Å². The second-order valence-corrected chi connectivity index (χ2v) is 8.25. The summed E-state index contributed by atoms with van der Waals surface area (Å²) in [7, 11) is -3.67. The highest BCUT2D eigenvalue weighted by Crippen LogP contribution is 2.47. The fourth-order valence-electron chi connectivity index (χ4n) is 3.45. The summed E-state index contributed by atoms with van der Waals surface area (Å²) in [5.74, 6) is -0.301. The molecule has 0 bridgehead atoms. The van der Waals surface area contributed by atoms with Gasteiger partial charge in [-0.2, -0.15) is 0 Å². The van der Waals surface area contributed by atoms with E-state index in [4.69, 9.17) is 11.6 Å². The largest absolute Gasteiger partial charge is 0.292 e. The van der Waals surface area contributed by atoms with Crippen LogP contribution in [0.5, 0.6) is 0 Å². The maximum atomic E-state index is 12.9. The Morgan fingerprint density at radius 1 is 1.00 bits per heavy atom. The van der Waals surface area contributed by atoms with Gasteiger partial charge in [0.2, 0.25) is 0 Å². The van der Waals surface area contributed by atoms with Crippen molar-refractivity contribution in [3.05, 3.63) is 64.2 Å². The van der Waals surface area contributed by atoms with E-state index in [9.17, 15) is 13.2 Å². The number of benzene rings is 2. The molecule has 1 aliphatic heterocycles. The van der Waals surface area contributed by atoms with Crippen molar-refractivity contribution in [1.29, 1.82) is 0 Å². The fraction of sp³-hybridized carbons (Fsp3) is 0.235. The smallest absolute Gasteiger partial charge is 0.192 e. The Kier molecular flexibility index (Phi) is 3.24. The summed E-state index contributed by atoms with van der Waals surface area (Å²) in [6.45, 7) is 0. The van der Waals surface area contributed by atoms with Gasteiger partial charge in [-0.15, -0.1) is 0 Å². The van der Waals surface area contributed by atoms with Crippen molar-refractivity contribution in [2.75, 3.05) is 0 Å². The minimum Gasteiger partial charge on any atom is -0.292 e. The number of carbonyl (C=O) groups is 1. The van der Waals surface area contributed by atoms with Gasteiger partial charge in [0.1, 0.15) is 4.75 Å². The standard InChI is InChI=1S/C16H11ClO3S.CH4/c17-12-5-6-13-11(7-12)9-16(15(13)18)8-10-3-1-2-4-14(10)21(16,19)20;/h1-7H,8-9H2;1H4. The summed E-state index contributed by atoms with van der Waals surface area (Å²) in [6, 6.07) is 11.8. The van der Waals surface area contributed by atoms with Crippen LogP contribution in [0.25, 0.3) is 0 Å². The number of rotatable bonds is 0. The van der Waals surface area contributed by atoms with Crippen molar-refractivity contribution in [3.63, 3.8) is 0 Å². The Morgan fingerprint density at radius 3 is 2.41 bits per heavy atom. The lowest BCUT2D eigenvalue weighted by Crippen LogP contribution is -2.42. The molecule has 4 rings (SSSR count). The van der Waals surface area contributed by atoms with Crippen LogP contribution >= 0.6 is 11.6 Å². The molecule has 5 heteroatoms. The van der Waals surface area contributed by atoms with E-state index in [0.29, 0.717) is 10.6 Å². The maximum Gasteiger partial charge on any atom is 0.192 e. The summed E-state index contributed by atoms with van der Waals surface area (Å²) < 4.78 is 24.5. The SMILES string of the molecule is C.O=C1c2ccc(Cl)cc2CC12Cc1ccccc1S2(=O)=O. The van der Waals surface area contributed by atoms with Crippen LogP contribution < -0.4 is 0 Å². The minimum atomic E-state index is -3.67. The molecule has 1 atom stereocenters. The Labute approximate surface area is 134 Å². The lowest BCUT2D eigenvalue weighted by Gasteiger charge is -2.19. The van der Waals surface area contributed by atoms with E-state index in [1.54, 1.807) is 42.5 Å². The number of carbonyl (C=O) groups excluding carboxylic acids is 1. The summed E-state index contributed by atoms with van der Waals surface area (Å²) in [5.41, 5.74) is 1.93. The first-order valence-corrected chi connectivity index (χ1v) is 8.48. The molecule has 2 aromatic carbocycles. The van der Waals surface area contributed by atoms with Crippen LogP contribution in [0, 0.1) is 0 Å². The quantitative estimate of drug-likeness (QED) is 0.741. The Morgan fingerprint density at radius 2 is 1.68 bits per heavy atom. The van der Waals surface area contributed by atoms with Crippen LogP contribution in [0.1, 0.15) is 28.9 Å². The van der Waals surface area contributed by atoms with E-state index in [1.807, 2.05) is 0 Å². The van der Waals surface area contributed by atoms with Crippen LogP contribution in [0.15, 0.2) is 47.4 Å². The molecule has 0 saturated carbocycles. The van der Waals surface area contributed by atoms with Gasteiger partial charge in [-0.1, -0.05) is 37.2 Å². The number of Topliss-reactive ketones (excluding diaryl/α,β-unsaturated/α-hetero) is 1. The minimum absolute atomic E-state index is 0. The van der Waals surface area contributed by atoms with Gasteiger partial charge in [-0.3, -0.25) is 4.79 Å². The Hall–Kier alpha value is -1.65. The van der Waals surface area contributed by atoms with Gasteiger partial charge in [0.05, 0.1) is 4.90 Å². The normalized spacial score (nSPS) is 24.0. The van der Waals surface area contributed by atoms with Crippen LogP contribution in [-0.2, 0) is 22.7 Å². The van der Waals surface area contributed by atoms with Gasteiger partial charge in [0, 0.05) is 23.4 Å². The van der Waals surface area contributed by atoms with Crippen molar-refractivity contribution >= 4 is 27.2 Å². The summed E-state index contributed by atoms with van der Waals surface area (Å²) in [5, 5.41) is 0.520. The second-order valence-electron chi connectivity index (χ2n) is 5.59. The number of sulfone groups is 1. The van der Waals surface area contributed by atoms with Gasteiger partial charge in [0.15, 0.2) is 15.6 Å². The second kappa shape index (κ2) is 4.67. The van der Waals surface area contributed by atoms with Crippen molar-refractivity contribution in [2.45, 2.75) is 29.9 Å². The summed E-state index contributed by atoms with van der Waals surface area (Å²) >= 11 is 5.97. The van der Waals surface area contributed by atoms with E-state index in [-0.39, 0.29) is 30.9 Å². The predicted molar refractivity (Wildman–Crippen MR) is 86.3 cm³/mol. The molecule has 22 heavy (non-hydrogen) atoms. The van der Waals surface area contributed by atoms with E-state index >= 15 is 0 Å². The van der Waals surface area contributed by atoms with Gasteiger partial charge in [0.25, 0.3) is 0 Å². The molecular weight excluding hydrogens is 320 g/mol. The first-order chi connectivity index (χ1) is 9.96. The number of halogens is 1. The van der Waals surface area contributed by atoms with Crippen LogP contribution in [0.4, 0.5) is 0 Å². The van der Waals surface area contributed by atoms with E-state index in [2.05, 4.69) is 0 Å². The van der Waals surface area contributed by atoms with E-state index in [0.717, 1.165) is 11.1 Å². The van der Waals surface area contributed by atoms with Crippen LogP contribution in [0.2, 0.25) is 5.02 Å². The van der Waals surface area contributed by atoms with Crippen molar-refractivity contribution in [3.8, 4) is 0 Å². The average Bonchev–Trinajstić information content (AvgIpc) is 2.84. The van der Waals surface area contributed by atoms with Crippen LogP contribution in [-0.4, -0.2) is 18.9 Å². The Balaban J connectivity index is 0.00000144. The molecule has 2 aromatic rings. The molecule has 1 spiro atoms. The third-order valence-corrected chi connectivity index (χ3v) is 7.17. The third kappa shape index (κ3) is 1.68. The molecule has 1 aliphatic carbocycles. The zero-order chi connectivity index (χ0) is 14.8. The van der Waals surface area contributed by atoms with Gasteiger partial charge >= 0.3 is 0 Å². The van der Waals surface area contributed by atoms with Gasteiger partial charge < -0.3 is 0 Å². The fourth-order valence-corrected chi connectivity index (χ4v) is 5.85. The first kappa shape index (κ1) is 15.3. The maximum absolute atomic E-state index is 12.9. The molecule has 0 N–H and O–H groups in total. The molecule has 1 unspecified atom stereocenters. The molecular formula is C17H15ClO3S. The molecule has 0 aromatic heterocycles. The number of ketones is 1. The highest BCUT2D eigenvalue weighted by molar-refractivity contribution is 7.94. The molecule has 3 nitrogen and oxygen atoms in total. The third-order valence-electron chi connectivity index (χ3n) is 4.45. The highest BCUT2D eigenvalue weighted by Gasteiger charge is 2.59. The molecule has 1 heterocycles. The molecule has 0 radical (unpaired) electrons. The zero-order valence-corrected chi connectivity index (χ0v) is 12.5. The average molecular weight is 335 g/mol. The predicted octanol–water partition coefficient (Wildman–Crippen LogP) is 3.48. The van der Waals surface area contributed by atoms with Crippen molar-refractivity contribution in [2.24, 2.45) is 0 Å². The summed E-state index contributed by atoms with van der Waals surface area (Å²) in [6.07, 6.45) is 0.454. The Bertz CT molecular complexity index is 902. The topological polar surface area (TPSA) is 51.2 Å². The molecule has 2 aliphatic rings. The number of hydrogen-bond donors (Lipinski definition) is 0. The molecule has 114 valence electrons. The van der Waals surface area contributed by atoms with Crippen molar-refractivity contribution in [1.82, 2.24) is 0 Å². The van der Waals surface area contributed by atoms with E-state index < -0.39 is 14.6 Å². The number of fused-ring (bicyclic) bond motifs is 2. The summed E-state index contributed by atoms with van der Waals surface area (Å²) in [4.78, 5) is 13.1.